The third kappa shape index (κ3) is 5.72. The minimum Gasteiger partial charge on any atom is -0.409 e. The first-order valence-corrected chi connectivity index (χ1v) is 12.4. The number of hydrogen-bond donors (Lipinski definition) is 3. The van der Waals surface area contributed by atoms with Crippen molar-refractivity contribution in [3.63, 3.8) is 0 Å². The Bertz CT molecular complexity index is 1270. The quantitative estimate of drug-likeness (QED) is 0.163. The number of nitrogens with one attached hydrogen (secondary N) is 1. The van der Waals surface area contributed by atoms with Crippen LogP contribution in [0.2, 0.25) is 0 Å². The van der Waals surface area contributed by atoms with Gasteiger partial charge in [0.05, 0.1) is 12.1 Å². The molecule has 1 aliphatic rings. The molecule has 2 heterocycles. The smallest absolute Gasteiger partial charge is 0.409 e. The van der Waals surface area contributed by atoms with Crippen molar-refractivity contribution in [2.24, 2.45) is 22.7 Å². The SMILES string of the molecule is CC(C)CN(C)c1nc2nc(/C(N)=N/O)nc(N[C@H](C)C3CCC3)c2n1Cc1ccc(C(F)(F)F)cc1. The molecular formula is C25H33F3N8O. The molecule has 1 aromatic carbocycles. The van der Waals surface area contributed by atoms with E-state index < -0.39 is 11.7 Å². The topological polar surface area (TPSA) is 117 Å². The highest BCUT2D eigenvalue weighted by Gasteiger charge is 2.30. The van der Waals surface area contributed by atoms with Gasteiger partial charge in [-0.15, -0.1) is 0 Å². The fourth-order valence-electron chi connectivity index (χ4n) is 4.61. The third-order valence-electron chi connectivity index (χ3n) is 6.74. The van der Waals surface area contributed by atoms with Crippen molar-refractivity contribution in [1.29, 1.82) is 0 Å². The van der Waals surface area contributed by atoms with E-state index in [0.717, 1.165) is 25.0 Å². The summed E-state index contributed by atoms with van der Waals surface area (Å²) in [6, 6.07) is 5.21. The van der Waals surface area contributed by atoms with Crippen LogP contribution in [-0.2, 0) is 12.7 Å². The molecule has 0 radical (unpaired) electrons. The third-order valence-corrected chi connectivity index (χ3v) is 6.74. The summed E-state index contributed by atoms with van der Waals surface area (Å²) in [5.41, 5.74) is 6.75. The maximum atomic E-state index is 13.1. The zero-order chi connectivity index (χ0) is 26.9. The van der Waals surface area contributed by atoms with Crippen molar-refractivity contribution in [1.82, 2.24) is 19.5 Å². The van der Waals surface area contributed by atoms with Gasteiger partial charge >= 0.3 is 6.18 Å². The summed E-state index contributed by atoms with van der Waals surface area (Å²) in [6.45, 7) is 7.21. The number of nitrogens with zero attached hydrogens (tertiary/aromatic N) is 6. The van der Waals surface area contributed by atoms with Gasteiger partial charge in [-0.05, 0) is 49.3 Å². The summed E-state index contributed by atoms with van der Waals surface area (Å²) in [6.07, 6.45) is -0.997. The van der Waals surface area contributed by atoms with Crippen LogP contribution in [0.5, 0.6) is 0 Å². The number of amidine groups is 1. The number of nitrogens with two attached hydrogens (primary N) is 1. The van der Waals surface area contributed by atoms with Gasteiger partial charge in [0.25, 0.3) is 0 Å². The van der Waals surface area contributed by atoms with E-state index in [9.17, 15) is 18.4 Å². The number of hydrogen-bond acceptors (Lipinski definition) is 7. The van der Waals surface area contributed by atoms with Crippen LogP contribution in [0.1, 0.15) is 57.0 Å². The molecule has 0 unspecified atom stereocenters. The van der Waals surface area contributed by atoms with Gasteiger partial charge in [-0.25, -0.2) is 9.97 Å². The first-order chi connectivity index (χ1) is 17.5. The molecule has 4 N–H and O–H groups in total. The number of halogens is 3. The summed E-state index contributed by atoms with van der Waals surface area (Å²) in [5.74, 6) is 1.70. The van der Waals surface area contributed by atoms with E-state index >= 15 is 0 Å². The Morgan fingerprint density at radius 3 is 2.41 bits per heavy atom. The fourth-order valence-corrected chi connectivity index (χ4v) is 4.61. The van der Waals surface area contributed by atoms with Crippen molar-refractivity contribution in [2.75, 3.05) is 23.8 Å². The average Bonchev–Trinajstić information content (AvgIpc) is 3.15. The Hall–Kier alpha value is -3.57. The molecule has 0 amide bonds. The minimum absolute atomic E-state index is 0.0375. The van der Waals surface area contributed by atoms with Crippen molar-refractivity contribution in [2.45, 2.75) is 58.8 Å². The number of rotatable bonds is 9. The fraction of sp³-hybridized carbons (Fsp3) is 0.520. The number of aromatic nitrogens is 4. The molecule has 1 saturated carbocycles. The first kappa shape index (κ1) is 26.5. The maximum Gasteiger partial charge on any atom is 0.416 e. The van der Waals surface area contributed by atoms with Gasteiger partial charge in [0.2, 0.25) is 17.6 Å². The highest BCUT2D eigenvalue weighted by molar-refractivity contribution is 5.97. The lowest BCUT2D eigenvalue weighted by atomic mass is 9.80. The van der Waals surface area contributed by atoms with Crippen LogP contribution in [-0.4, -0.2) is 50.2 Å². The highest BCUT2D eigenvalue weighted by atomic mass is 19.4. The average molecular weight is 519 g/mol. The predicted molar refractivity (Wildman–Crippen MR) is 137 cm³/mol. The Kier molecular flexibility index (Phi) is 7.47. The summed E-state index contributed by atoms with van der Waals surface area (Å²) in [7, 11) is 1.91. The van der Waals surface area contributed by atoms with Crippen LogP contribution in [0.25, 0.3) is 11.2 Å². The molecule has 0 aliphatic heterocycles. The molecule has 0 bridgehead atoms. The molecule has 1 fully saturated rings. The van der Waals surface area contributed by atoms with Crippen molar-refractivity contribution in [3.05, 3.63) is 41.2 Å². The predicted octanol–water partition coefficient (Wildman–Crippen LogP) is 4.68. The molecule has 2 aromatic heterocycles. The Balaban J connectivity index is 1.86. The van der Waals surface area contributed by atoms with Gasteiger partial charge in [0, 0.05) is 19.6 Å². The van der Waals surface area contributed by atoms with Gasteiger partial charge in [0.15, 0.2) is 11.5 Å². The molecule has 12 heteroatoms. The van der Waals surface area contributed by atoms with Gasteiger partial charge < -0.3 is 25.7 Å². The van der Waals surface area contributed by atoms with E-state index in [1.807, 2.05) is 16.5 Å². The summed E-state index contributed by atoms with van der Waals surface area (Å²) in [4.78, 5) is 15.8. The number of fused-ring (bicyclic) bond motifs is 1. The van der Waals surface area contributed by atoms with Crippen LogP contribution >= 0.6 is 0 Å². The largest absolute Gasteiger partial charge is 0.416 e. The molecular weight excluding hydrogens is 485 g/mol. The van der Waals surface area contributed by atoms with Crippen LogP contribution in [0.4, 0.5) is 24.9 Å². The van der Waals surface area contributed by atoms with Crippen molar-refractivity contribution >= 4 is 28.8 Å². The van der Waals surface area contributed by atoms with E-state index in [1.165, 1.54) is 18.6 Å². The second kappa shape index (κ2) is 10.4. The zero-order valence-electron chi connectivity index (χ0n) is 21.4. The van der Waals surface area contributed by atoms with Gasteiger partial charge in [-0.1, -0.05) is 37.6 Å². The van der Waals surface area contributed by atoms with Crippen molar-refractivity contribution < 1.29 is 18.4 Å². The molecule has 3 aromatic rings. The highest BCUT2D eigenvalue weighted by Crippen LogP contribution is 2.34. The number of anilines is 2. The van der Waals surface area contributed by atoms with E-state index in [1.54, 1.807) is 0 Å². The Morgan fingerprint density at radius 2 is 1.86 bits per heavy atom. The first-order valence-electron chi connectivity index (χ1n) is 12.4. The lowest BCUT2D eigenvalue weighted by Crippen LogP contribution is -2.32. The van der Waals surface area contributed by atoms with Crippen LogP contribution < -0.4 is 16.0 Å². The molecule has 0 saturated heterocycles. The van der Waals surface area contributed by atoms with Gasteiger partial charge in [-0.3, -0.25) is 0 Å². The zero-order valence-corrected chi connectivity index (χ0v) is 21.4. The van der Waals surface area contributed by atoms with Crippen molar-refractivity contribution in [3.8, 4) is 0 Å². The monoisotopic (exact) mass is 518 g/mol. The second-order valence-electron chi connectivity index (χ2n) is 10.1. The molecule has 37 heavy (non-hydrogen) atoms. The molecule has 1 atom stereocenters. The molecule has 4 rings (SSSR count). The van der Waals surface area contributed by atoms with Crippen LogP contribution in [0.3, 0.4) is 0 Å². The van der Waals surface area contributed by atoms with Gasteiger partial charge in [-0.2, -0.15) is 18.2 Å². The lowest BCUT2D eigenvalue weighted by molar-refractivity contribution is -0.137. The summed E-state index contributed by atoms with van der Waals surface area (Å²) >= 11 is 0. The standard InChI is InChI=1S/C25H33F3N8O/c1-14(2)12-35(4)24-33-22-19(36(24)13-16-8-10-18(11-9-16)25(26,27)28)21(30-15(3)17-6-5-7-17)31-23(32-22)20(29)34-37/h8-11,14-15,17,37H,5-7,12-13H2,1-4H3,(H2,29,34)(H,30,31,32)/t15-/m1/s1. The second-order valence-corrected chi connectivity index (χ2v) is 10.1. The Morgan fingerprint density at radius 1 is 1.19 bits per heavy atom. The molecule has 1 aliphatic carbocycles. The summed E-state index contributed by atoms with van der Waals surface area (Å²) in [5, 5.41) is 15.8. The molecule has 200 valence electrons. The maximum absolute atomic E-state index is 13.1. The minimum atomic E-state index is -4.41. The van der Waals surface area contributed by atoms with Crippen LogP contribution in [0.15, 0.2) is 29.4 Å². The van der Waals surface area contributed by atoms with Gasteiger partial charge in [0.1, 0.15) is 5.52 Å². The lowest BCUT2D eigenvalue weighted by Gasteiger charge is -2.32. The molecule has 0 spiro atoms. The van der Waals surface area contributed by atoms with E-state index in [2.05, 4.69) is 41.2 Å². The number of alkyl halides is 3. The Labute approximate surface area is 213 Å². The van der Waals surface area contributed by atoms with E-state index in [4.69, 9.17) is 10.7 Å². The number of benzene rings is 1. The van der Waals surface area contributed by atoms with E-state index in [0.29, 0.717) is 46.9 Å². The number of imidazole rings is 1. The molecule has 9 nitrogen and oxygen atoms in total. The number of oxime groups is 1. The summed E-state index contributed by atoms with van der Waals surface area (Å²) < 4.78 is 41.3. The van der Waals surface area contributed by atoms with Crippen LogP contribution in [0, 0.1) is 11.8 Å². The normalized spacial score (nSPS) is 15.7. The van der Waals surface area contributed by atoms with E-state index in [-0.39, 0.29) is 24.2 Å².